The van der Waals surface area contributed by atoms with Crippen molar-refractivity contribution in [3.05, 3.63) is 11.4 Å². The minimum absolute atomic E-state index is 0. The monoisotopic (exact) mass is 197 g/mol. The van der Waals surface area contributed by atoms with Crippen LogP contribution in [0.3, 0.4) is 0 Å². The Morgan fingerprint density at radius 1 is 0.923 bits per heavy atom. The first kappa shape index (κ1) is 15.3. The molecular formula is C6H5N3Na2O2. The predicted octanol–water partition coefficient (Wildman–Crippen LogP) is -1.13. The number of aromatic amines is 1. The van der Waals surface area contributed by atoms with Crippen LogP contribution in [0.1, 0.15) is 11.4 Å². The minimum atomic E-state index is -0.580. The van der Waals surface area contributed by atoms with Crippen LogP contribution in [0.2, 0.25) is 0 Å². The van der Waals surface area contributed by atoms with Gasteiger partial charge >= 0.3 is 59.1 Å². The Bertz CT molecular complexity index is 340. The van der Waals surface area contributed by atoms with Crippen LogP contribution in [0.4, 0.5) is 0 Å². The summed E-state index contributed by atoms with van der Waals surface area (Å²) in [6.07, 6.45) is 0. The van der Waals surface area contributed by atoms with Crippen molar-refractivity contribution in [3.63, 3.8) is 0 Å². The summed E-state index contributed by atoms with van der Waals surface area (Å²) in [4.78, 5) is 2.23. The number of aromatic nitrogens is 1. The summed E-state index contributed by atoms with van der Waals surface area (Å²) in [6.45, 7) is 0. The number of H-pyrrole nitrogens is 1. The van der Waals surface area contributed by atoms with Crippen LogP contribution in [0.5, 0.6) is 11.5 Å². The van der Waals surface area contributed by atoms with Crippen LogP contribution in [0.15, 0.2) is 0 Å². The summed E-state index contributed by atoms with van der Waals surface area (Å²) in [5.41, 5.74) is -0.418. The molecule has 0 aromatic carbocycles. The second-order valence-electron chi connectivity index (χ2n) is 1.80. The average Bonchev–Trinajstić information content (AvgIpc) is 2.30. The topological polar surface area (TPSA) is 104 Å². The third-order valence-electron chi connectivity index (χ3n) is 1.17. The Hall–Kier alpha value is -0.140. The van der Waals surface area contributed by atoms with Crippen molar-refractivity contribution in [2.24, 2.45) is 0 Å². The Balaban J connectivity index is 0. The molecule has 0 atom stereocenters. The van der Waals surface area contributed by atoms with Gasteiger partial charge in [0.1, 0.15) is 12.1 Å². The van der Waals surface area contributed by atoms with Crippen LogP contribution in [-0.2, 0) is 0 Å². The zero-order valence-electron chi connectivity index (χ0n) is 5.29. The van der Waals surface area contributed by atoms with Crippen LogP contribution in [0, 0.1) is 22.7 Å². The van der Waals surface area contributed by atoms with Gasteiger partial charge < -0.3 is 15.2 Å². The van der Waals surface area contributed by atoms with Crippen molar-refractivity contribution in [3.8, 4) is 23.6 Å². The summed E-state index contributed by atoms with van der Waals surface area (Å²) in [5.74, 6) is -1.16. The van der Waals surface area contributed by atoms with E-state index in [1.807, 2.05) is 0 Å². The standard InChI is InChI=1S/C6H3N3O2.2Na.2H/c7-1-3-5(10)6(11)4(2-8)9-3;;;;/h9-11H;;;;. The molecule has 0 radical (unpaired) electrons. The van der Waals surface area contributed by atoms with Crippen molar-refractivity contribution in [1.29, 1.82) is 10.5 Å². The van der Waals surface area contributed by atoms with Gasteiger partial charge in [-0.1, -0.05) is 0 Å². The molecule has 0 amide bonds. The number of hydrogen-bond donors (Lipinski definition) is 3. The van der Waals surface area contributed by atoms with E-state index in [4.69, 9.17) is 20.7 Å². The van der Waals surface area contributed by atoms with E-state index >= 15 is 0 Å². The summed E-state index contributed by atoms with van der Waals surface area (Å²) < 4.78 is 0. The van der Waals surface area contributed by atoms with Gasteiger partial charge in [0, 0.05) is 0 Å². The number of nitrogens with zero attached hydrogens (tertiary/aromatic N) is 2. The Morgan fingerprint density at radius 2 is 1.23 bits per heavy atom. The van der Waals surface area contributed by atoms with Gasteiger partial charge in [0.15, 0.2) is 22.9 Å². The van der Waals surface area contributed by atoms with Crippen molar-refractivity contribution in [2.75, 3.05) is 0 Å². The summed E-state index contributed by atoms with van der Waals surface area (Å²) >= 11 is 0. The Labute approximate surface area is 119 Å². The number of nitrogens with one attached hydrogen (secondary N) is 1. The van der Waals surface area contributed by atoms with Gasteiger partial charge in [0.25, 0.3) is 0 Å². The maximum atomic E-state index is 8.89. The van der Waals surface area contributed by atoms with E-state index in [-0.39, 0.29) is 70.5 Å². The molecule has 0 bridgehead atoms. The van der Waals surface area contributed by atoms with Crippen LogP contribution in [-0.4, -0.2) is 74.3 Å². The molecule has 0 fully saturated rings. The Kier molecular flexibility index (Phi) is 7.47. The van der Waals surface area contributed by atoms with Crippen molar-refractivity contribution < 1.29 is 10.2 Å². The molecule has 13 heavy (non-hydrogen) atoms. The molecule has 0 saturated carbocycles. The fourth-order valence-corrected chi connectivity index (χ4v) is 0.642. The molecule has 7 heteroatoms. The van der Waals surface area contributed by atoms with E-state index in [2.05, 4.69) is 4.98 Å². The van der Waals surface area contributed by atoms with E-state index in [0.29, 0.717) is 0 Å². The van der Waals surface area contributed by atoms with E-state index in [1.54, 1.807) is 12.1 Å². The van der Waals surface area contributed by atoms with Gasteiger partial charge in [-0.15, -0.1) is 0 Å². The molecule has 0 unspecified atom stereocenters. The first-order chi connectivity index (χ1) is 5.20. The van der Waals surface area contributed by atoms with Crippen LogP contribution >= 0.6 is 0 Å². The summed E-state index contributed by atoms with van der Waals surface area (Å²) in [6, 6.07) is 3.15. The molecule has 1 rings (SSSR count). The molecule has 5 nitrogen and oxygen atoms in total. The van der Waals surface area contributed by atoms with E-state index in [0.717, 1.165) is 0 Å². The van der Waals surface area contributed by atoms with Gasteiger partial charge in [0.2, 0.25) is 0 Å². The summed E-state index contributed by atoms with van der Waals surface area (Å²) in [5, 5.41) is 34.4. The fraction of sp³-hybridized carbons (Fsp3) is 0. The van der Waals surface area contributed by atoms with Gasteiger partial charge in [-0.3, -0.25) is 0 Å². The van der Waals surface area contributed by atoms with E-state index in [9.17, 15) is 0 Å². The molecule has 58 valence electrons. The van der Waals surface area contributed by atoms with Gasteiger partial charge in [-0.25, -0.2) is 0 Å². The number of nitriles is 2. The van der Waals surface area contributed by atoms with E-state index < -0.39 is 11.5 Å². The molecule has 0 aliphatic rings. The van der Waals surface area contributed by atoms with Crippen molar-refractivity contribution in [1.82, 2.24) is 4.98 Å². The zero-order valence-corrected chi connectivity index (χ0v) is 5.29. The van der Waals surface area contributed by atoms with Crippen molar-refractivity contribution in [2.45, 2.75) is 0 Å². The molecule has 0 spiro atoms. The molecule has 0 aliphatic heterocycles. The zero-order chi connectivity index (χ0) is 8.43. The molecule has 1 heterocycles. The van der Waals surface area contributed by atoms with Gasteiger partial charge in [-0.2, -0.15) is 10.5 Å². The van der Waals surface area contributed by atoms with Crippen LogP contribution < -0.4 is 0 Å². The number of hydrogen-bond acceptors (Lipinski definition) is 4. The second-order valence-corrected chi connectivity index (χ2v) is 1.80. The predicted molar refractivity (Wildman–Crippen MR) is 47.9 cm³/mol. The van der Waals surface area contributed by atoms with E-state index in [1.165, 1.54) is 0 Å². The quantitative estimate of drug-likeness (QED) is 0.458. The van der Waals surface area contributed by atoms with Gasteiger partial charge in [-0.05, 0) is 0 Å². The third-order valence-corrected chi connectivity index (χ3v) is 1.17. The number of aromatic hydroxyl groups is 2. The maximum absolute atomic E-state index is 8.89. The van der Waals surface area contributed by atoms with Crippen molar-refractivity contribution >= 4 is 59.1 Å². The normalized spacial score (nSPS) is 7.23. The second kappa shape index (κ2) is 6.33. The third kappa shape index (κ3) is 2.92. The molecule has 1 aromatic heterocycles. The first-order valence-electron chi connectivity index (χ1n) is 2.64. The first-order valence-corrected chi connectivity index (χ1v) is 2.64. The molecular weight excluding hydrogens is 192 g/mol. The SMILES string of the molecule is N#Cc1[nH]c(C#N)c(O)c1O.[NaH].[NaH]. The average molecular weight is 197 g/mol. The van der Waals surface area contributed by atoms with Gasteiger partial charge in [0.05, 0.1) is 0 Å². The number of rotatable bonds is 0. The van der Waals surface area contributed by atoms with Crippen LogP contribution in [0.25, 0.3) is 0 Å². The Morgan fingerprint density at radius 3 is 1.38 bits per heavy atom. The molecule has 0 aliphatic carbocycles. The summed E-state index contributed by atoms with van der Waals surface area (Å²) in [7, 11) is 0. The fourth-order valence-electron chi connectivity index (χ4n) is 0.642. The molecule has 0 saturated heterocycles. The molecule has 3 N–H and O–H groups in total. The molecule has 1 aromatic rings.